The second-order valence-electron chi connectivity index (χ2n) is 20.4. The van der Waals surface area contributed by atoms with Gasteiger partial charge in [-0.1, -0.05) is 69.7 Å². The average Bonchev–Trinajstić information content (AvgIpc) is 3.27. The largest absolute Gasteiger partial charge is 0.461 e. The van der Waals surface area contributed by atoms with Gasteiger partial charge in [-0.05, 0) is 127 Å². The summed E-state index contributed by atoms with van der Waals surface area (Å²) in [5.41, 5.74) is 8.26. The summed E-state index contributed by atoms with van der Waals surface area (Å²) in [5.74, 6) is -6.13. The number of hydrogen-bond acceptors (Lipinski definition) is 13. The molecule has 3 fully saturated rings. The molecule has 3 heterocycles. The number of hydrogen-bond donors (Lipinski definition) is 3. The van der Waals surface area contributed by atoms with Crippen LogP contribution in [0.2, 0.25) is 0 Å². The van der Waals surface area contributed by atoms with E-state index in [4.69, 9.17) is 29.2 Å². The maximum Gasteiger partial charge on any atom is 0.329 e. The third kappa shape index (κ3) is 15.9. The first kappa shape index (κ1) is 55.8. The summed E-state index contributed by atoms with van der Waals surface area (Å²) < 4.78 is 42.4. The van der Waals surface area contributed by atoms with Crippen molar-refractivity contribution in [2.24, 2.45) is 35.3 Å². The molecule has 14 nitrogen and oxygen atoms in total. The number of aliphatic hydroxyl groups is 2. The quantitative estimate of drug-likeness (QED) is 0.0975. The summed E-state index contributed by atoms with van der Waals surface area (Å²) in [6.07, 6.45) is 15.5. The van der Waals surface area contributed by atoms with Crippen molar-refractivity contribution in [2.45, 2.75) is 186 Å². The molecule has 1 amide bonds. The molecule has 1 unspecified atom stereocenters. The van der Waals surface area contributed by atoms with E-state index in [2.05, 4.69) is 0 Å². The molecule has 1 aliphatic carbocycles. The van der Waals surface area contributed by atoms with Crippen molar-refractivity contribution in [1.82, 2.24) is 4.90 Å². The molecular weight excluding hydrogens is 864 g/mol. The average molecular weight is 947 g/mol. The van der Waals surface area contributed by atoms with Crippen molar-refractivity contribution in [2.75, 3.05) is 34.1 Å². The number of Topliss-reactive ketones (excluding diaryl/α,β-unsaturated/α-hetero) is 2. The zero-order valence-corrected chi connectivity index (χ0v) is 42.4. The number of carbonyl (C=O) groups excluding carboxylic acids is 4. The smallest absolute Gasteiger partial charge is 0.329 e. The molecule has 4 aliphatic rings. The summed E-state index contributed by atoms with van der Waals surface area (Å²) >= 11 is 0. The number of allylic oxidation sites excluding steroid dienone is 6. The highest BCUT2D eigenvalue weighted by Gasteiger charge is 2.53. The van der Waals surface area contributed by atoms with Gasteiger partial charge in [0.25, 0.3) is 11.7 Å². The fraction of sp³-hybridized carbons (Fsp3) is 0.765. The van der Waals surface area contributed by atoms with E-state index in [1.807, 2.05) is 58.1 Å². The van der Waals surface area contributed by atoms with E-state index >= 15 is 0 Å². The van der Waals surface area contributed by atoms with Crippen molar-refractivity contribution < 1.29 is 57.4 Å². The molecule has 14 atom stereocenters. The number of methoxy groups -OCH3 is 2. The van der Waals surface area contributed by atoms with Crippen molar-refractivity contribution >= 4 is 30.8 Å². The van der Waals surface area contributed by atoms with Crippen LogP contribution in [0.5, 0.6) is 0 Å². The highest BCUT2D eigenvalue weighted by atomic mass is 31.2. The van der Waals surface area contributed by atoms with Crippen LogP contribution in [0.1, 0.15) is 131 Å². The predicted molar refractivity (Wildman–Crippen MR) is 256 cm³/mol. The van der Waals surface area contributed by atoms with E-state index in [0.29, 0.717) is 89.0 Å². The third-order valence-corrected chi connectivity index (χ3v) is 15.1. The molecule has 0 spiro atoms. The molecule has 0 aromatic heterocycles. The summed E-state index contributed by atoms with van der Waals surface area (Å²) in [5, 5.41) is 23.3. The number of nitrogens with two attached hydrogens (primary N) is 1. The Labute approximate surface area is 394 Å². The number of piperidine rings is 1. The van der Waals surface area contributed by atoms with Crippen LogP contribution >= 0.6 is 7.37 Å². The van der Waals surface area contributed by atoms with E-state index in [9.17, 15) is 34.0 Å². The molecule has 0 aromatic carbocycles. The molecule has 4 N–H and O–H groups in total. The number of esters is 1. The van der Waals surface area contributed by atoms with Crippen molar-refractivity contribution in [3.63, 3.8) is 0 Å². The molecular formula is C51H83N2O12P. The monoisotopic (exact) mass is 947 g/mol. The Balaban J connectivity index is 1.64. The normalized spacial score (nSPS) is 39.1. The Bertz CT molecular complexity index is 1810. The molecule has 3 aliphatic heterocycles. The maximum atomic E-state index is 14.4. The second kappa shape index (κ2) is 25.7. The molecule has 15 heteroatoms. The fourth-order valence-electron chi connectivity index (χ4n) is 10.3. The summed E-state index contributed by atoms with van der Waals surface area (Å²) in [6.45, 7) is 14.7. The van der Waals surface area contributed by atoms with E-state index < -0.39 is 73.2 Å². The number of ether oxygens (including phenoxy) is 4. The van der Waals surface area contributed by atoms with Crippen LogP contribution in [0.3, 0.4) is 0 Å². The van der Waals surface area contributed by atoms with Gasteiger partial charge in [0.2, 0.25) is 5.79 Å². The topological polar surface area (TPSA) is 201 Å². The second-order valence-corrected chi connectivity index (χ2v) is 23.1. The van der Waals surface area contributed by atoms with Gasteiger partial charge < -0.3 is 44.3 Å². The number of ketones is 2. The van der Waals surface area contributed by atoms with E-state index in [0.717, 1.165) is 12.0 Å². The number of aliphatic hydroxyl groups excluding tert-OH is 1. The molecule has 4 rings (SSSR count). The molecule has 374 valence electrons. The number of amides is 1. The number of rotatable bonds is 7. The summed E-state index contributed by atoms with van der Waals surface area (Å²) in [7, 11) is 0.296. The maximum absolute atomic E-state index is 14.4. The zero-order chi connectivity index (χ0) is 48.9. The van der Waals surface area contributed by atoms with Crippen LogP contribution in [-0.2, 0) is 47.2 Å². The molecule has 1 saturated carbocycles. The Morgan fingerprint density at radius 2 is 1.64 bits per heavy atom. The van der Waals surface area contributed by atoms with E-state index in [1.165, 1.54) is 12.0 Å². The Hall–Kier alpha value is -2.81. The third-order valence-electron chi connectivity index (χ3n) is 14.3. The fourth-order valence-corrected chi connectivity index (χ4v) is 11.2. The number of carbonyl (C=O) groups is 4. The Morgan fingerprint density at radius 1 is 0.909 bits per heavy atom. The van der Waals surface area contributed by atoms with Crippen LogP contribution < -0.4 is 5.73 Å². The van der Waals surface area contributed by atoms with Crippen LogP contribution in [0.4, 0.5) is 0 Å². The van der Waals surface area contributed by atoms with Gasteiger partial charge in [-0.15, -0.1) is 0 Å². The lowest BCUT2D eigenvalue weighted by Crippen LogP contribution is -2.60. The van der Waals surface area contributed by atoms with E-state index in [1.54, 1.807) is 40.4 Å². The number of cyclic esters (lactones) is 1. The highest BCUT2D eigenvalue weighted by molar-refractivity contribution is 7.57. The minimum absolute atomic E-state index is 0.0710. The first-order valence-electron chi connectivity index (χ1n) is 24.5. The highest BCUT2D eigenvalue weighted by Crippen LogP contribution is 2.44. The molecule has 2 bridgehead atoms. The first-order valence-corrected chi connectivity index (χ1v) is 27.0. The van der Waals surface area contributed by atoms with Crippen molar-refractivity contribution in [1.29, 1.82) is 0 Å². The van der Waals surface area contributed by atoms with Gasteiger partial charge in [0.15, 0.2) is 13.2 Å². The molecule has 0 aromatic rings. The first-order chi connectivity index (χ1) is 31.1. The van der Waals surface area contributed by atoms with Gasteiger partial charge in [0.05, 0.1) is 18.3 Å². The lowest BCUT2D eigenvalue weighted by atomic mass is 9.78. The summed E-state index contributed by atoms with van der Waals surface area (Å²) in [6, 6.07) is -1.62. The van der Waals surface area contributed by atoms with Gasteiger partial charge in [-0.3, -0.25) is 18.9 Å². The Kier molecular flexibility index (Phi) is 21.7. The standard InChI is InChI=1S/C51H83N2O12P/c1-32-16-12-11-13-17-33(2)28-35(4)45(54)47(62-8)46(55)36(5)30-39(52)22-26-42(34(3)29-38-21-25-43(44(31-38)61-7)65-66(9,10)60)63-50(58)41-18-14-15-27-53(41)49(57)48(56)51(59)37(6)20-24-40(64-51)23-19-32/h11-13,16-17,30,33-35,37-44,46-47,55,59H,14-15,18-29,31,52H2,1-10H3/b12-11+,17-13+,32-16+,36-30+/t33-,34-,35-,37?,38+,39+,40-,41+,42+,43-,44-,46-,47+,51-/m1/s1. The van der Waals surface area contributed by atoms with Gasteiger partial charge in [-0.2, -0.15) is 0 Å². The van der Waals surface area contributed by atoms with Gasteiger partial charge >= 0.3 is 5.97 Å². The minimum Gasteiger partial charge on any atom is -0.461 e. The van der Waals surface area contributed by atoms with Gasteiger partial charge in [0, 0.05) is 52.0 Å². The van der Waals surface area contributed by atoms with Gasteiger partial charge in [-0.25, -0.2) is 4.79 Å². The lowest BCUT2D eigenvalue weighted by molar-refractivity contribution is -0.263. The van der Waals surface area contributed by atoms with Crippen LogP contribution in [0, 0.1) is 29.6 Å². The Morgan fingerprint density at radius 3 is 2.32 bits per heavy atom. The van der Waals surface area contributed by atoms with Crippen molar-refractivity contribution in [3.8, 4) is 0 Å². The minimum atomic E-state index is -2.75. The van der Waals surface area contributed by atoms with Crippen LogP contribution in [-0.4, -0.2) is 127 Å². The SMILES string of the molecule is CO[C@@H]1C[C@H](C[C@@H](C)[C@@H]2CC[C@H](N)/C=C(\C)[C@@H](O)[C@@H](OC)C(=O)[C@H](C)C[C@H](C)/C=C/C=C/C=C(\C)CC[C@@H]3CCC(C)[C@@](O)(O3)C(=O)C(=O)N3CCCC[C@H]3C(=O)O2)CC[C@H]1OP(C)(C)=O. The molecule has 2 saturated heterocycles. The zero-order valence-electron chi connectivity index (χ0n) is 41.5. The van der Waals surface area contributed by atoms with Crippen LogP contribution in [0.25, 0.3) is 0 Å². The predicted octanol–water partition coefficient (Wildman–Crippen LogP) is 7.63. The van der Waals surface area contributed by atoms with Crippen molar-refractivity contribution in [3.05, 3.63) is 47.6 Å². The van der Waals surface area contributed by atoms with Gasteiger partial charge in [0.1, 0.15) is 24.4 Å². The van der Waals surface area contributed by atoms with E-state index in [-0.39, 0.29) is 48.2 Å². The molecule has 66 heavy (non-hydrogen) atoms. The molecule has 0 radical (unpaired) electrons. The lowest BCUT2D eigenvalue weighted by Gasteiger charge is -2.42. The van der Waals surface area contributed by atoms with Crippen LogP contribution in [0.15, 0.2) is 47.6 Å². The summed E-state index contributed by atoms with van der Waals surface area (Å²) in [4.78, 5) is 57.7. The number of fused-ring (bicyclic) bond motifs is 3. The number of nitrogens with zero attached hydrogens (tertiary/aromatic N) is 1.